The SMILES string of the molecule is CCOC(=O)N1CCc2c(c3cc(C(=O)O)ccc3n2CCCN)C1. The van der Waals surface area contributed by atoms with E-state index in [1.165, 1.54) is 0 Å². The zero-order valence-corrected chi connectivity index (χ0v) is 14.3. The fraction of sp³-hybridized carbons (Fsp3) is 0.444. The van der Waals surface area contributed by atoms with Crippen LogP contribution in [0.3, 0.4) is 0 Å². The molecular formula is C18H23N3O4. The first-order valence-electron chi connectivity index (χ1n) is 8.55. The van der Waals surface area contributed by atoms with Gasteiger partial charge < -0.3 is 25.0 Å². The van der Waals surface area contributed by atoms with E-state index in [0.29, 0.717) is 26.2 Å². The second-order valence-corrected chi connectivity index (χ2v) is 6.13. The zero-order chi connectivity index (χ0) is 18.0. The van der Waals surface area contributed by atoms with Crippen molar-refractivity contribution in [3.05, 3.63) is 35.0 Å². The van der Waals surface area contributed by atoms with Crippen molar-refractivity contribution in [2.75, 3.05) is 19.7 Å². The van der Waals surface area contributed by atoms with Gasteiger partial charge in [-0.15, -0.1) is 0 Å². The molecule has 1 aliphatic heterocycles. The quantitative estimate of drug-likeness (QED) is 0.866. The molecule has 0 atom stereocenters. The van der Waals surface area contributed by atoms with E-state index >= 15 is 0 Å². The summed E-state index contributed by atoms with van der Waals surface area (Å²) in [4.78, 5) is 25.1. The number of aryl methyl sites for hydroxylation is 1. The molecule has 1 aromatic heterocycles. The third-order valence-electron chi connectivity index (χ3n) is 4.61. The number of hydrogen-bond acceptors (Lipinski definition) is 4. The first-order chi connectivity index (χ1) is 12.1. The summed E-state index contributed by atoms with van der Waals surface area (Å²) in [5.41, 5.74) is 9.08. The van der Waals surface area contributed by atoms with Crippen molar-refractivity contribution in [3.8, 4) is 0 Å². The molecule has 7 nitrogen and oxygen atoms in total. The highest BCUT2D eigenvalue weighted by Gasteiger charge is 2.27. The molecule has 0 saturated heterocycles. The van der Waals surface area contributed by atoms with Gasteiger partial charge in [0.15, 0.2) is 0 Å². The van der Waals surface area contributed by atoms with Crippen molar-refractivity contribution in [2.45, 2.75) is 32.9 Å². The van der Waals surface area contributed by atoms with Crippen LogP contribution in [0.2, 0.25) is 0 Å². The number of carboxylic acid groups (broad SMARTS) is 1. The van der Waals surface area contributed by atoms with Crippen molar-refractivity contribution in [1.82, 2.24) is 9.47 Å². The van der Waals surface area contributed by atoms with Crippen molar-refractivity contribution in [3.63, 3.8) is 0 Å². The molecule has 0 aliphatic carbocycles. The van der Waals surface area contributed by atoms with Crippen LogP contribution in [-0.2, 0) is 24.2 Å². The molecule has 1 aliphatic rings. The Morgan fingerprint density at radius 3 is 2.84 bits per heavy atom. The third-order valence-corrected chi connectivity index (χ3v) is 4.61. The van der Waals surface area contributed by atoms with E-state index in [0.717, 1.165) is 41.5 Å². The molecule has 2 aromatic rings. The van der Waals surface area contributed by atoms with Gasteiger partial charge in [0.2, 0.25) is 0 Å². The molecule has 134 valence electrons. The maximum atomic E-state index is 12.1. The van der Waals surface area contributed by atoms with Crippen LogP contribution in [0.25, 0.3) is 10.9 Å². The van der Waals surface area contributed by atoms with E-state index in [1.807, 2.05) is 6.07 Å². The molecule has 0 spiro atoms. The van der Waals surface area contributed by atoms with Crippen molar-refractivity contribution >= 4 is 23.0 Å². The Hall–Kier alpha value is -2.54. The van der Waals surface area contributed by atoms with Gasteiger partial charge in [-0.2, -0.15) is 0 Å². The molecule has 7 heteroatoms. The number of fused-ring (bicyclic) bond motifs is 3. The van der Waals surface area contributed by atoms with Crippen molar-refractivity contribution in [2.24, 2.45) is 5.73 Å². The number of nitrogens with zero attached hydrogens (tertiary/aromatic N) is 2. The number of nitrogens with two attached hydrogens (primary N) is 1. The minimum Gasteiger partial charge on any atom is -0.478 e. The predicted octanol–water partition coefficient (Wildman–Crippen LogP) is 2.20. The number of carboxylic acids is 1. The van der Waals surface area contributed by atoms with E-state index < -0.39 is 5.97 Å². The van der Waals surface area contributed by atoms with E-state index in [4.69, 9.17) is 10.5 Å². The Balaban J connectivity index is 2.07. The number of aromatic carboxylic acids is 1. The molecule has 2 heterocycles. The van der Waals surface area contributed by atoms with Crippen LogP contribution in [-0.4, -0.2) is 46.3 Å². The normalized spacial score (nSPS) is 13.8. The monoisotopic (exact) mass is 345 g/mol. The number of benzene rings is 1. The Morgan fingerprint density at radius 2 is 2.16 bits per heavy atom. The first kappa shape index (κ1) is 17.3. The average molecular weight is 345 g/mol. The summed E-state index contributed by atoms with van der Waals surface area (Å²) in [5.74, 6) is -0.955. The minimum atomic E-state index is -0.955. The van der Waals surface area contributed by atoms with Gasteiger partial charge in [0.25, 0.3) is 0 Å². The average Bonchev–Trinajstić information content (AvgIpc) is 2.92. The molecule has 3 N–H and O–H groups in total. The Morgan fingerprint density at radius 1 is 1.36 bits per heavy atom. The fourth-order valence-electron chi connectivity index (χ4n) is 3.46. The molecule has 0 unspecified atom stereocenters. The lowest BCUT2D eigenvalue weighted by molar-refractivity contribution is 0.0696. The van der Waals surface area contributed by atoms with E-state index in [9.17, 15) is 14.7 Å². The van der Waals surface area contributed by atoms with Gasteiger partial charge in [0.1, 0.15) is 0 Å². The highest BCUT2D eigenvalue weighted by molar-refractivity contribution is 5.95. The van der Waals surface area contributed by atoms with Gasteiger partial charge in [-0.1, -0.05) is 0 Å². The number of aromatic nitrogens is 1. The van der Waals surface area contributed by atoms with Gasteiger partial charge in [-0.25, -0.2) is 9.59 Å². The van der Waals surface area contributed by atoms with Crippen molar-refractivity contribution in [1.29, 1.82) is 0 Å². The predicted molar refractivity (Wildman–Crippen MR) is 93.7 cm³/mol. The third kappa shape index (κ3) is 3.19. The number of carbonyl (C=O) groups is 2. The van der Waals surface area contributed by atoms with Crippen LogP contribution in [0.5, 0.6) is 0 Å². The van der Waals surface area contributed by atoms with Gasteiger partial charge in [0.05, 0.1) is 18.7 Å². The molecule has 0 fully saturated rings. The smallest absolute Gasteiger partial charge is 0.410 e. The lowest BCUT2D eigenvalue weighted by Gasteiger charge is -2.27. The van der Waals surface area contributed by atoms with Crippen LogP contribution in [0.4, 0.5) is 4.79 Å². The summed E-state index contributed by atoms with van der Waals surface area (Å²) in [7, 11) is 0. The van der Waals surface area contributed by atoms with Gasteiger partial charge in [-0.3, -0.25) is 0 Å². The number of amides is 1. The fourth-order valence-corrected chi connectivity index (χ4v) is 3.46. The van der Waals surface area contributed by atoms with Gasteiger partial charge in [-0.05, 0) is 38.1 Å². The maximum Gasteiger partial charge on any atom is 0.410 e. The standard InChI is InChI=1S/C18H23N3O4/c1-2-25-18(24)20-9-6-16-14(11-20)13-10-12(17(22)23)4-5-15(13)21(16)8-3-7-19/h4-5,10H,2-3,6-9,11,19H2,1H3,(H,22,23). The number of hydrogen-bond donors (Lipinski definition) is 2. The zero-order valence-electron chi connectivity index (χ0n) is 14.3. The molecular weight excluding hydrogens is 322 g/mol. The molecule has 1 aromatic carbocycles. The summed E-state index contributed by atoms with van der Waals surface area (Å²) in [6.07, 6.45) is 1.24. The summed E-state index contributed by atoms with van der Waals surface area (Å²) in [5, 5.41) is 10.2. The second kappa shape index (κ2) is 7.14. The van der Waals surface area contributed by atoms with E-state index in [-0.39, 0.29) is 11.7 Å². The van der Waals surface area contributed by atoms with Crippen LogP contribution < -0.4 is 5.73 Å². The largest absolute Gasteiger partial charge is 0.478 e. The van der Waals surface area contributed by atoms with Crippen LogP contribution in [0, 0.1) is 0 Å². The number of carbonyl (C=O) groups excluding carboxylic acids is 1. The molecule has 0 radical (unpaired) electrons. The summed E-state index contributed by atoms with van der Waals surface area (Å²) in [6.45, 7) is 4.53. The molecule has 1 amide bonds. The highest BCUT2D eigenvalue weighted by Crippen LogP contribution is 2.32. The number of rotatable bonds is 5. The van der Waals surface area contributed by atoms with Crippen LogP contribution in [0.15, 0.2) is 18.2 Å². The lowest BCUT2D eigenvalue weighted by atomic mass is 10.0. The van der Waals surface area contributed by atoms with Crippen molar-refractivity contribution < 1.29 is 19.4 Å². The first-order valence-corrected chi connectivity index (χ1v) is 8.55. The summed E-state index contributed by atoms with van der Waals surface area (Å²) >= 11 is 0. The second-order valence-electron chi connectivity index (χ2n) is 6.13. The number of ether oxygens (including phenoxy) is 1. The molecule has 0 bridgehead atoms. The molecule has 3 rings (SSSR count). The maximum absolute atomic E-state index is 12.1. The molecule has 25 heavy (non-hydrogen) atoms. The topological polar surface area (TPSA) is 97.8 Å². The highest BCUT2D eigenvalue weighted by atomic mass is 16.6. The van der Waals surface area contributed by atoms with Crippen LogP contribution in [0.1, 0.15) is 35.0 Å². The van der Waals surface area contributed by atoms with Gasteiger partial charge in [0, 0.05) is 41.7 Å². The minimum absolute atomic E-state index is 0.250. The summed E-state index contributed by atoms with van der Waals surface area (Å²) in [6, 6.07) is 5.17. The Bertz CT molecular complexity index is 812. The van der Waals surface area contributed by atoms with E-state index in [2.05, 4.69) is 4.57 Å². The van der Waals surface area contributed by atoms with E-state index in [1.54, 1.807) is 24.0 Å². The molecule has 0 saturated carbocycles. The van der Waals surface area contributed by atoms with Crippen LogP contribution >= 0.6 is 0 Å². The lowest BCUT2D eigenvalue weighted by Crippen LogP contribution is -2.36. The van der Waals surface area contributed by atoms with Gasteiger partial charge >= 0.3 is 12.1 Å². The summed E-state index contributed by atoms with van der Waals surface area (Å²) < 4.78 is 7.33. The Kier molecular flexibility index (Phi) is 4.94. The Labute approximate surface area is 146 Å².